The smallest absolute Gasteiger partial charge is 0.275 e. The van der Waals surface area contributed by atoms with E-state index in [9.17, 15) is 14.9 Å². The third kappa shape index (κ3) is 5.43. The Morgan fingerprint density at radius 1 is 1.24 bits per heavy atom. The van der Waals surface area contributed by atoms with E-state index in [0.717, 1.165) is 18.7 Å². The van der Waals surface area contributed by atoms with Crippen molar-refractivity contribution in [3.05, 3.63) is 39.9 Å². The first kappa shape index (κ1) is 19.5. The molecule has 0 aromatic heterocycles. The Kier molecular flexibility index (Phi) is 8.12. The molecule has 0 radical (unpaired) electrons. The van der Waals surface area contributed by atoms with Crippen molar-refractivity contribution < 1.29 is 31.2 Å². The van der Waals surface area contributed by atoms with Crippen LogP contribution in [0.5, 0.6) is 0 Å². The minimum absolute atomic E-state index is 0. The summed E-state index contributed by atoms with van der Waals surface area (Å²) >= 11 is 0. The predicted molar refractivity (Wildman–Crippen MR) is 77.1 cm³/mol. The maximum atomic E-state index is 11.7. The molecule has 0 fully saturated rings. The summed E-state index contributed by atoms with van der Waals surface area (Å²) in [6.45, 7) is 6.89. The van der Waals surface area contributed by atoms with Crippen LogP contribution in [-0.2, 0) is 11.3 Å². The lowest BCUT2D eigenvalue weighted by Crippen LogP contribution is -3.00. The fourth-order valence-corrected chi connectivity index (χ4v) is 2.22. The lowest BCUT2D eigenvalue weighted by atomic mass is 10.1. The van der Waals surface area contributed by atoms with Gasteiger partial charge in [-0.1, -0.05) is 0 Å². The van der Waals surface area contributed by atoms with Crippen LogP contribution in [0.15, 0.2) is 24.3 Å². The number of likely N-dealkylation sites (N-methyl/N-ethyl adjacent to an activating group) is 2. The number of nitro benzene ring substituents is 1. The van der Waals surface area contributed by atoms with Crippen molar-refractivity contribution >= 4 is 11.6 Å². The summed E-state index contributed by atoms with van der Waals surface area (Å²) in [7, 11) is 1.63. The number of nitrogens with one attached hydrogen (secondary N) is 1. The van der Waals surface area contributed by atoms with Gasteiger partial charge in [-0.15, -0.1) is 0 Å². The molecule has 0 unspecified atom stereocenters. The SMILES string of the molecule is CC[N+](CC)(CC(=O)NC)Cc1ccc([N+](=O)[O-])cc1.[Br-]. The lowest BCUT2D eigenvalue weighted by Gasteiger charge is -2.36. The van der Waals surface area contributed by atoms with Crippen LogP contribution >= 0.6 is 0 Å². The minimum atomic E-state index is -0.407. The molecule has 0 atom stereocenters. The third-order valence-electron chi connectivity index (χ3n) is 3.76. The molecule has 0 saturated heterocycles. The topological polar surface area (TPSA) is 72.2 Å². The Morgan fingerprint density at radius 2 is 1.76 bits per heavy atom. The van der Waals surface area contributed by atoms with Gasteiger partial charge in [0, 0.05) is 24.7 Å². The second kappa shape index (κ2) is 8.74. The summed E-state index contributed by atoms with van der Waals surface area (Å²) in [5.74, 6) is 0.00983. The molecular formula is C14H22BrN3O3. The van der Waals surface area contributed by atoms with Crippen molar-refractivity contribution in [1.29, 1.82) is 0 Å². The van der Waals surface area contributed by atoms with Crippen molar-refractivity contribution in [1.82, 2.24) is 5.32 Å². The van der Waals surface area contributed by atoms with Crippen LogP contribution in [0.4, 0.5) is 5.69 Å². The maximum Gasteiger partial charge on any atom is 0.275 e. The van der Waals surface area contributed by atoms with Crippen LogP contribution < -0.4 is 22.3 Å². The quantitative estimate of drug-likeness (QED) is 0.373. The highest BCUT2D eigenvalue weighted by Crippen LogP contribution is 2.17. The predicted octanol–water partition coefficient (Wildman–Crippen LogP) is -1.30. The van der Waals surface area contributed by atoms with E-state index >= 15 is 0 Å². The van der Waals surface area contributed by atoms with Gasteiger partial charge in [-0.05, 0) is 26.0 Å². The molecular weight excluding hydrogens is 338 g/mol. The zero-order chi connectivity index (χ0) is 15.2. The number of benzene rings is 1. The summed E-state index contributed by atoms with van der Waals surface area (Å²) in [5, 5.41) is 13.3. The van der Waals surface area contributed by atoms with Crippen molar-refractivity contribution in [3.8, 4) is 0 Å². The van der Waals surface area contributed by atoms with Crippen LogP contribution in [0.25, 0.3) is 0 Å². The molecule has 1 amide bonds. The van der Waals surface area contributed by atoms with E-state index in [4.69, 9.17) is 0 Å². The molecule has 0 aliphatic rings. The first-order valence-electron chi connectivity index (χ1n) is 6.75. The standard InChI is InChI=1S/C14H21N3O3.BrH/c1-4-17(5-2,11-14(18)15-3)10-12-6-8-13(9-7-12)16(19)20;/h6-9H,4-5,10-11H2,1-3H3;1H. The van der Waals surface area contributed by atoms with Crippen molar-refractivity contribution in [3.63, 3.8) is 0 Å². The molecule has 1 rings (SSSR count). The number of nitrogens with zero attached hydrogens (tertiary/aromatic N) is 2. The van der Waals surface area contributed by atoms with Gasteiger partial charge >= 0.3 is 0 Å². The zero-order valence-electron chi connectivity index (χ0n) is 12.6. The number of carbonyl (C=O) groups is 1. The number of non-ortho nitro benzene ring substituents is 1. The molecule has 0 spiro atoms. The molecule has 1 N–H and O–H groups in total. The summed E-state index contributed by atoms with van der Waals surface area (Å²) in [6.07, 6.45) is 0. The van der Waals surface area contributed by atoms with E-state index < -0.39 is 4.92 Å². The largest absolute Gasteiger partial charge is 1.00 e. The maximum absolute atomic E-state index is 11.7. The van der Waals surface area contributed by atoms with E-state index in [0.29, 0.717) is 17.6 Å². The minimum Gasteiger partial charge on any atom is -1.00 e. The van der Waals surface area contributed by atoms with Gasteiger partial charge in [0.1, 0.15) is 6.54 Å². The first-order chi connectivity index (χ1) is 9.46. The van der Waals surface area contributed by atoms with E-state index in [2.05, 4.69) is 19.2 Å². The molecule has 7 heteroatoms. The average Bonchev–Trinajstić information content (AvgIpc) is 2.46. The van der Waals surface area contributed by atoms with Crippen molar-refractivity contribution in [2.45, 2.75) is 20.4 Å². The highest BCUT2D eigenvalue weighted by Gasteiger charge is 2.27. The van der Waals surface area contributed by atoms with Gasteiger partial charge < -0.3 is 26.8 Å². The molecule has 0 saturated carbocycles. The number of amides is 1. The van der Waals surface area contributed by atoms with Crippen LogP contribution in [0.1, 0.15) is 19.4 Å². The van der Waals surface area contributed by atoms with E-state index in [1.54, 1.807) is 19.2 Å². The Morgan fingerprint density at radius 3 is 2.14 bits per heavy atom. The van der Waals surface area contributed by atoms with Gasteiger partial charge in [0.25, 0.3) is 11.6 Å². The molecule has 6 nitrogen and oxygen atoms in total. The van der Waals surface area contributed by atoms with Gasteiger partial charge in [-0.2, -0.15) is 0 Å². The second-order valence-corrected chi connectivity index (χ2v) is 4.89. The third-order valence-corrected chi connectivity index (χ3v) is 3.76. The summed E-state index contributed by atoms with van der Waals surface area (Å²) in [6, 6.07) is 6.55. The molecule has 1 aromatic rings. The van der Waals surface area contributed by atoms with Crippen LogP contribution in [0.2, 0.25) is 0 Å². The summed E-state index contributed by atoms with van der Waals surface area (Å²) < 4.78 is 0.636. The molecule has 0 heterocycles. The number of quaternary nitrogens is 1. The number of hydrogen-bond acceptors (Lipinski definition) is 3. The number of nitro groups is 1. The fourth-order valence-electron chi connectivity index (χ4n) is 2.22. The van der Waals surface area contributed by atoms with Crippen LogP contribution in [0.3, 0.4) is 0 Å². The van der Waals surface area contributed by atoms with Crippen molar-refractivity contribution in [2.24, 2.45) is 0 Å². The average molecular weight is 360 g/mol. The highest BCUT2D eigenvalue weighted by molar-refractivity contribution is 5.76. The van der Waals surface area contributed by atoms with Gasteiger partial charge in [0.15, 0.2) is 6.54 Å². The highest BCUT2D eigenvalue weighted by atomic mass is 79.9. The van der Waals surface area contributed by atoms with Crippen molar-refractivity contribution in [2.75, 3.05) is 26.7 Å². The van der Waals surface area contributed by atoms with E-state index in [1.165, 1.54) is 12.1 Å². The Balaban J connectivity index is 0.00000400. The molecule has 118 valence electrons. The van der Waals surface area contributed by atoms with Gasteiger partial charge in [-0.3, -0.25) is 14.9 Å². The monoisotopic (exact) mass is 359 g/mol. The molecule has 0 aliphatic heterocycles. The fraction of sp³-hybridized carbons (Fsp3) is 0.500. The Hall–Kier alpha value is -1.47. The lowest BCUT2D eigenvalue weighted by molar-refractivity contribution is -0.930. The normalized spacial score (nSPS) is 10.6. The summed E-state index contributed by atoms with van der Waals surface area (Å²) in [5.41, 5.74) is 1.09. The Bertz CT molecular complexity index is 473. The Labute approximate surface area is 135 Å². The summed E-state index contributed by atoms with van der Waals surface area (Å²) in [4.78, 5) is 21.9. The molecule has 21 heavy (non-hydrogen) atoms. The molecule has 0 aliphatic carbocycles. The zero-order valence-corrected chi connectivity index (χ0v) is 14.2. The number of rotatable bonds is 7. The van der Waals surface area contributed by atoms with Gasteiger partial charge in [0.2, 0.25) is 0 Å². The molecule has 1 aromatic carbocycles. The van der Waals surface area contributed by atoms with Gasteiger partial charge in [-0.25, -0.2) is 0 Å². The second-order valence-electron chi connectivity index (χ2n) is 4.89. The van der Waals surface area contributed by atoms with Crippen LogP contribution in [0, 0.1) is 10.1 Å². The van der Waals surface area contributed by atoms with E-state index in [1.807, 2.05) is 0 Å². The molecule has 0 bridgehead atoms. The van der Waals surface area contributed by atoms with E-state index in [-0.39, 0.29) is 28.6 Å². The number of hydrogen-bond donors (Lipinski definition) is 1. The first-order valence-corrected chi connectivity index (χ1v) is 6.75. The van der Waals surface area contributed by atoms with Gasteiger partial charge in [0.05, 0.1) is 18.0 Å². The van der Waals surface area contributed by atoms with Crippen LogP contribution in [-0.4, -0.2) is 42.0 Å². The number of carbonyl (C=O) groups excluding carboxylic acids is 1. The number of halogens is 1.